The van der Waals surface area contributed by atoms with Gasteiger partial charge in [-0.3, -0.25) is 0 Å². The lowest BCUT2D eigenvalue weighted by atomic mass is 9.99. The summed E-state index contributed by atoms with van der Waals surface area (Å²) in [7, 11) is 0. The van der Waals surface area contributed by atoms with Crippen LogP contribution in [-0.4, -0.2) is 6.04 Å². The molecular formula is C18H22ClNO. The summed E-state index contributed by atoms with van der Waals surface area (Å²) in [5.74, 6) is 0. The van der Waals surface area contributed by atoms with E-state index in [1.54, 1.807) is 0 Å². The van der Waals surface area contributed by atoms with E-state index in [9.17, 15) is 0 Å². The monoisotopic (exact) mass is 303 g/mol. The van der Waals surface area contributed by atoms with E-state index in [1.165, 1.54) is 5.56 Å². The number of halogens is 1. The van der Waals surface area contributed by atoms with E-state index in [4.69, 9.17) is 22.1 Å². The van der Waals surface area contributed by atoms with Crippen LogP contribution in [-0.2, 0) is 11.3 Å². The van der Waals surface area contributed by atoms with E-state index < -0.39 is 0 Å². The number of hydrogen-bond acceptors (Lipinski definition) is 2. The molecule has 2 rings (SSSR count). The third-order valence-corrected chi connectivity index (χ3v) is 3.98. The molecular weight excluding hydrogens is 282 g/mol. The van der Waals surface area contributed by atoms with Gasteiger partial charge in [0.2, 0.25) is 0 Å². The van der Waals surface area contributed by atoms with Gasteiger partial charge in [0.15, 0.2) is 0 Å². The Balaban J connectivity index is 2.16. The fraction of sp³-hybridized carbons (Fsp3) is 0.333. The number of nitrogens with two attached hydrogens (primary N) is 1. The Morgan fingerprint density at radius 2 is 1.90 bits per heavy atom. The minimum atomic E-state index is -0.119. The van der Waals surface area contributed by atoms with Crippen molar-refractivity contribution in [2.24, 2.45) is 5.73 Å². The number of ether oxygens (including phenoxy) is 1. The molecule has 0 heterocycles. The third-order valence-electron chi connectivity index (χ3n) is 3.61. The van der Waals surface area contributed by atoms with Gasteiger partial charge in [0.05, 0.1) is 12.7 Å². The first-order valence-electron chi connectivity index (χ1n) is 7.29. The van der Waals surface area contributed by atoms with Gasteiger partial charge in [-0.2, -0.15) is 0 Å². The summed E-state index contributed by atoms with van der Waals surface area (Å²) >= 11 is 6.18. The van der Waals surface area contributed by atoms with Crippen LogP contribution in [0.15, 0.2) is 48.5 Å². The van der Waals surface area contributed by atoms with Crippen molar-refractivity contribution in [1.29, 1.82) is 0 Å². The summed E-state index contributed by atoms with van der Waals surface area (Å²) in [6.45, 7) is 4.62. The van der Waals surface area contributed by atoms with Gasteiger partial charge in [0.1, 0.15) is 0 Å². The maximum absolute atomic E-state index is 6.24. The Kier molecular flexibility index (Phi) is 5.80. The molecule has 0 saturated carbocycles. The highest BCUT2D eigenvalue weighted by atomic mass is 35.5. The van der Waals surface area contributed by atoms with E-state index >= 15 is 0 Å². The van der Waals surface area contributed by atoms with E-state index in [0.29, 0.717) is 6.61 Å². The molecule has 2 aromatic carbocycles. The zero-order valence-electron chi connectivity index (χ0n) is 12.6. The molecule has 0 aromatic heterocycles. The van der Waals surface area contributed by atoms with E-state index in [2.05, 4.69) is 32.0 Å². The number of aryl methyl sites for hydroxylation is 1. The Hall–Kier alpha value is -1.35. The molecule has 0 bridgehead atoms. The zero-order valence-corrected chi connectivity index (χ0v) is 13.3. The van der Waals surface area contributed by atoms with Crippen LogP contribution in [0.1, 0.15) is 36.1 Å². The van der Waals surface area contributed by atoms with Gasteiger partial charge < -0.3 is 10.5 Å². The van der Waals surface area contributed by atoms with Crippen LogP contribution in [0.25, 0.3) is 0 Å². The number of hydrogen-bond donors (Lipinski definition) is 1. The minimum Gasteiger partial charge on any atom is -0.367 e. The van der Waals surface area contributed by atoms with Crippen molar-refractivity contribution >= 4 is 11.6 Å². The first kappa shape index (κ1) is 16.0. The molecule has 0 aliphatic heterocycles. The molecule has 112 valence electrons. The minimum absolute atomic E-state index is 0.0331. The van der Waals surface area contributed by atoms with Gasteiger partial charge in [0.25, 0.3) is 0 Å². The van der Waals surface area contributed by atoms with Crippen LogP contribution in [0, 0.1) is 6.92 Å². The van der Waals surface area contributed by atoms with Gasteiger partial charge >= 0.3 is 0 Å². The summed E-state index contributed by atoms with van der Waals surface area (Å²) in [5.41, 5.74) is 9.56. The molecule has 2 aromatic rings. The predicted molar refractivity (Wildman–Crippen MR) is 88.4 cm³/mol. The molecule has 2 atom stereocenters. The van der Waals surface area contributed by atoms with Crippen molar-refractivity contribution in [2.45, 2.75) is 39.0 Å². The maximum atomic E-state index is 6.24. The summed E-state index contributed by atoms with van der Waals surface area (Å²) in [4.78, 5) is 0. The summed E-state index contributed by atoms with van der Waals surface area (Å²) in [5, 5.41) is 0.727. The molecule has 2 unspecified atom stereocenters. The maximum Gasteiger partial charge on any atom is 0.0980 e. The molecule has 0 spiro atoms. The Morgan fingerprint density at radius 1 is 1.14 bits per heavy atom. The molecule has 0 aliphatic rings. The van der Waals surface area contributed by atoms with E-state index in [0.717, 1.165) is 22.6 Å². The first-order chi connectivity index (χ1) is 10.1. The van der Waals surface area contributed by atoms with Crippen LogP contribution < -0.4 is 5.73 Å². The van der Waals surface area contributed by atoms with Gasteiger partial charge in [-0.05, 0) is 30.5 Å². The second-order valence-electron chi connectivity index (χ2n) is 5.31. The Bertz CT molecular complexity index is 585. The fourth-order valence-electron chi connectivity index (χ4n) is 2.32. The molecule has 0 radical (unpaired) electrons. The highest BCUT2D eigenvalue weighted by Gasteiger charge is 2.19. The lowest BCUT2D eigenvalue weighted by Gasteiger charge is -2.24. The number of benzene rings is 2. The van der Waals surface area contributed by atoms with Crippen LogP contribution in [0.2, 0.25) is 5.02 Å². The average molecular weight is 304 g/mol. The second-order valence-corrected chi connectivity index (χ2v) is 5.72. The molecule has 0 amide bonds. The van der Waals surface area contributed by atoms with Gasteiger partial charge in [-0.1, -0.05) is 66.6 Å². The van der Waals surface area contributed by atoms with Crippen molar-refractivity contribution in [3.63, 3.8) is 0 Å². The van der Waals surface area contributed by atoms with Gasteiger partial charge in [-0.15, -0.1) is 0 Å². The highest BCUT2D eigenvalue weighted by Crippen LogP contribution is 2.26. The SMILES string of the molecule is CCC(N)C(OCc1ccccc1Cl)c1cccc(C)c1. The van der Waals surface area contributed by atoms with E-state index in [1.807, 2.05) is 30.3 Å². The predicted octanol–water partition coefficient (Wildman–Crippen LogP) is 4.64. The van der Waals surface area contributed by atoms with Crippen molar-refractivity contribution in [3.05, 3.63) is 70.2 Å². The van der Waals surface area contributed by atoms with Crippen LogP contribution in [0.4, 0.5) is 0 Å². The third kappa shape index (κ3) is 4.31. The van der Waals surface area contributed by atoms with Crippen molar-refractivity contribution in [1.82, 2.24) is 0 Å². The molecule has 0 aliphatic carbocycles. The molecule has 0 saturated heterocycles. The average Bonchev–Trinajstić information content (AvgIpc) is 2.49. The molecule has 2 nitrogen and oxygen atoms in total. The highest BCUT2D eigenvalue weighted by molar-refractivity contribution is 6.31. The molecule has 21 heavy (non-hydrogen) atoms. The summed E-state index contributed by atoms with van der Waals surface area (Å²) in [6.07, 6.45) is 0.743. The van der Waals surface area contributed by atoms with Crippen molar-refractivity contribution < 1.29 is 4.74 Å². The van der Waals surface area contributed by atoms with Crippen LogP contribution in [0.3, 0.4) is 0 Å². The van der Waals surface area contributed by atoms with Crippen LogP contribution in [0.5, 0.6) is 0 Å². The summed E-state index contributed by atoms with van der Waals surface area (Å²) < 4.78 is 6.09. The summed E-state index contributed by atoms with van der Waals surface area (Å²) in [6, 6.07) is 16.0. The molecule has 3 heteroatoms. The number of rotatable bonds is 6. The molecule has 0 fully saturated rings. The van der Waals surface area contributed by atoms with Crippen molar-refractivity contribution in [2.75, 3.05) is 0 Å². The quantitative estimate of drug-likeness (QED) is 0.843. The first-order valence-corrected chi connectivity index (χ1v) is 7.66. The topological polar surface area (TPSA) is 35.2 Å². The lowest BCUT2D eigenvalue weighted by molar-refractivity contribution is 0.0213. The Morgan fingerprint density at radius 3 is 2.57 bits per heavy atom. The van der Waals surface area contributed by atoms with Gasteiger partial charge in [0, 0.05) is 11.1 Å². The smallest absolute Gasteiger partial charge is 0.0980 e. The molecule has 2 N–H and O–H groups in total. The van der Waals surface area contributed by atoms with E-state index in [-0.39, 0.29) is 12.1 Å². The van der Waals surface area contributed by atoms with Crippen molar-refractivity contribution in [3.8, 4) is 0 Å². The largest absolute Gasteiger partial charge is 0.367 e. The second kappa shape index (κ2) is 7.60. The van der Waals surface area contributed by atoms with Gasteiger partial charge in [-0.25, -0.2) is 0 Å². The standard InChI is InChI=1S/C18H22ClNO/c1-3-17(20)18(14-9-6-7-13(2)11-14)21-12-15-8-4-5-10-16(15)19/h4-11,17-18H,3,12,20H2,1-2H3. The lowest BCUT2D eigenvalue weighted by Crippen LogP contribution is -2.29. The Labute approximate surface area is 131 Å². The zero-order chi connectivity index (χ0) is 15.2. The fourth-order valence-corrected chi connectivity index (χ4v) is 2.51. The normalized spacial score (nSPS) is 13.9. The van der Waals surface area contributed by atoms with Crippen LogP contribution >= 0.6 is 11.6 Å².